The van der Waals surface area contributed by atoms with Crippen LogP contribution in [-0.2, 0) is 30.1 Å². The molecule has 0 heterocycles. The standard InChI is InChI=1S/C22H32N2O5S/c1-7-28-19(26)16(2)14-30-12-11-29-20(27)24-22(5,6)18-10-8-9-17(13-18)21(3,4)23-15-25/h8-10,13,15H,2,7,11-12,14H2,1,3-6H3,(H,23,25)(H,24,27). The number of hydrogen-bond donors (Lipinski definition) is 2. The Morgan fingerprint density at radius 2 is 1.77 bits per heavy atom. The zero-order valence-electron chi connectivity index (χ0n) is 18.4. The maximum absolute atomic E-state index is 12.2. The molecule has 166 valence electrons. The minimum atomic E-state index is -0.671. The summed E-state index contributed by atoms with van der Waals surface area (Å²) in [5.74, 6) is 0.555. The van der Waals surface area contributed by atoms with Crippen LogP contribution in [0.3, 0.4) is 0 Å². The van der Waals surface area contributed by atoms with Crippen LogP contribution in [0.25, 0.3) is 0 Å². The third kappa shape index (κ3) is 8.10. The summed E-state index contributed by atoms with van der Waals surface area (Å²) in [6.45, 7) is 13.5. The van der Waals surface area contributed by atoms with E-state index in [-0.39, 0.29) is 6.61 Å². The molecular weight excluding hydrogens is 404 g/mol. The fourth-order valence-corrected chi connectivity index (χ4v) is 3.28. The number of benzene rings is 1. The van der Waals surface area contributed by atoms with Crippen molar-refractivity contribution in [3.8, 4) is 0 Å². The first-order chi connectivity index (χ1) is 14.0. The van der Waals surface area contributed by atoms with E-state index in [1.54, 1.807) is 6.92 Å². The summed E-state index contributed by atoms with van der Waals surface area (Å²) in [6.07, 6.45) is 0.147. The second-order valence-corrected chi connectivity index (χ2v) is 8.84. The minimum Gasteiger partial charge on any atom is -0.463 e. The number of carbonyl (C=O) groups excluding carboxylic acids is 3. The summed E-state index contributed by atoms with van der Waals surface area (Å²) in [5.41, 5.74) is 1.00. The Balaban J connectivity index is 2.54. The Hall–Kier alpha value is -2.48. The van der Waals surface area contributed by atoms with E-state index >= 15 is 0 Å². The molecule has 2 N–H and O–H groups in total. The first kappa shape index (κ1) is 25.6. The summed E-state index contributed by atoms with van der Waals surface area (Å²) in [7, 11) is 0. The molecule has 7 nitrogen and oxygen atoms in total. The fourth-order valence-electron chi connectivity index (χ4n) is 2.57. The molecule has 0 aromatic heterocycles. The lowest BCUT2D eigenvalue weighted by molar-refractivity contribution is -0.138. The normalized spacial score (nSPS) is 11.4. The number of nitrogens with one attached hydrogen (secondary N) is 2. The molecule has 1 aromatic carbocycles. The average molecular weight is 437 g/mol. The third-order valence-electron chi connectivity index (χ3n) is 4.44. The van der Waals surface area contributed by atoms with E-state index < -0.39 is 23.1 Å². The highest BCUT2D eigenvalue weighted by Gasteiger charge is 2.26. The average Bonchev–Trinajstić information content (AvgIpc) is 2.67. The van der Waals surface area contributed by atoms with Gasteiger partial charge in [-0.15, -0.1) is 0 Å². The first-order valence-electron chi connectivity index (χ1n) is 9.73. The maximum atomic E-state index is 12.2. The summed E-state index contributed by atoms with van der Waals surface area (Å²) < 4.78 is 10.1. The van der Waals surface area contributed by atoms with E-state index in [1.165, 1.54) is 11.8 Å². The molecule has 0 aliphatic rings. The van der Waals surface area contributed by atoms with Crippen LogP contribution in [0.15, 0.2) is 36.4 Å². The smallest absolute Gasteiger partial charge is 0.407 e. The van der Waals surface area contributed by atoms with E-state index in [0.717, 1.165) is 11.1 Å². The first-order valence-corrected chi connectivity index (χ1v) is 10.9. The van der Waals surface area contributed by atoms with E-state index in [0.29, 0.717) is 30.1 Å². The van der Waals surface area contributed by atoms with Crippen molar-refractivity contribution in [2.45, 2.75) is 45.7 Å². The third-order valence-corrected chi connectivity index (χ3v) is 5.45. The Bertz CT molecular complexity index is 762. The summed E-state index contributed by atoms with van der Waals surface area (Å²) in [6, 6.07) is 7.68. The van der Waals surface area contributed by atoms with Gasteiger partial charge in [-0.05, 0) is 45.7 Å². The van der Waals surface area contributed by atoms with Crippen molar-refractivity contribution in [3.63, 3.8) is 0 Å². The minimum absolute atomic E-state index is 0.207. The molecule has 0 saturated heterocycles. The van der Waals surface area contributed by atoms with Gasteiger partial charge in [-0.2, -0.15) is 11.8 Å². The van der Waals surface area contributed by atoms with Crippen LogP contribution in [0, 0.1) is 0 Å². The molecular formula is C22H32N2O5S. The summed E-state index contributed by atoms with van der Waals surface area (Å²) in [5, 5.41) is 5.66. The Kier molecular flexibility index (Phi) is 9.92. The second-order valence-electron chi connectivity index (χ2n) is 7.73. The number of amides is 2. The van der Waals surface area contributed by atoms with Gasteiger partial charge in [0, 0.05) is 17.1 Å². The van der Waals surface area contributed by atoms with Gasteiger partial charge in [0.1, 0.15) is 6.61 Å². The van der Waals surface area contributed by atoms with Gasteiger partial charge < -0.3 is 20.1 Å². The van der Waals surface area contributed by atoms with Crippen LogP contribution in [0.5, 0.6) is 0 Å². The Morgan fingerprint density at radius 1 is 1.13 bits per heavy atom. The molecule has 8 heteroatoms. The number of esters is 1. The second kappa shape index (κ2) is 11.6. The molecule has 2 amide bonds. The van der Waals surface area contributed by atoms with Crippen molar-refractivity contribution in [1.29, 1.82) is 0 Å². The van der Waals surface area contributed by atoms with Gasteiger partial charge in [0.2, 0.25) is 6.41 Å². The predicted octanol–water partition coefficient (Wildman–Crippen LogP) is 3.48. The van der Waals surface area contributed by atoms with Crippen molar-refractivity contribution < 1.29 is 23.9 Å². The van der Waals surface area contributed by atoms with Gasteiger partial charge in [0.15, 0.2) is 0 Å². The molecule has 0 radical (unpaired) electrons. The molecule has 0 spiro atoms. The van der Waals surface area contributed by atoms with Gasteiger partial charge in [-0.3, -0.25) is 4.79 Å². The van der Waals surface area contributed by atoms with E-state index in [1.807, 2.05) is 52.0 Å². The molecule has 1 rings (SSSR count). The summed E-state index contributed by atoms with van der Waals surface area (Å²) in [4.78, 5) is 34.5. The van der Waals surface area contributed by atoms with Crippen LogP contribution in [0.2, 0.25) is 0 Å². The monoisotopic (exact) mass is 436 g/mol. The lowest BCUT2D eigenvalue weighted by atomic mass is 9.87. The maximum Gasteiger partial charge on any atom is 0.407 e. The zero-order valence-corrected chi connectivity index (χ0v) is 19.2. The highest BCUT2D eigenvalue weighted by Crippen LogP contribution is 2.26. The van der Waals surface area contributed by atoms with Crippen molar-refractivity contribution in [3.05, 3.63) is 47.5 Å². The van der Waals surface area contributed by atoms with E-state index in [2.05, 4.69) is 17.2 Å². The molecule has 0 unspecified atom stereocenters. The number of carbonyl (C=O) groups is 3. The highest BCUT2D eigenvalue weighted by atomic mass is 32.2. The largest absolute Gasteiger partial charge is 0.463 e. The van der Waals surface area contributed by atoms with Gasteiger partial charge in [0.05, 0.1) is 17.7 Å². The van der Waals surface area contributed by atoms with E-state index in [4.69, 9.17) is 9.47 Å². The van der Waals surface area contributed by atoms with Crippen molar-refractivity contribution in [1.82, 2.24) is 10.6 Å². The topological polar surface area (TPSA) is 93.7 Å². The van der Waals surface area contributed by atoms with Gasteiger partial charge in [-0.25, -0.2) is 9.59 Å². The number of ether oxygens (including phenoxy) is 2. The number of thioether (sulfide) groups is 1. The Morgan fingerprint density at radius 3 is 2.37 bits per heavy atom. The van der Waals surface area contributed by atoms with Crippen LogP contribution in [0.1, 0.15) is 45.7 Å². The lowest BCUT2D eigenvalue weighted by Crippen LogP contribution is -2.42. The van der Waals surface area contributed by atoms with Gasteiger partial charge >= 0.3 is 12.1 Å². The van der Waals surface area contributed by atoms with Crippen LogP contribution in [-0.4, -0.2) is 43.2 Å². The molecule has 30 heavy (non-hydrogen) atoms. The highest BCUT2D eigenvalue weighted by molar-refractivity contribution is 7.99. The molecule has 0 atom stereocenters. The quantitative estimate of drug-likeness (QED) is 0.225. The molecule has 0 aliphatic carbocycles. The molecule has 0 saturated carbocycles. The zero-order chi connectivity index (χ0) is 22.8. The number of hydrogen-bond acceptors (Lipinski definition) is 6. The predicted molar refractivity (Wildman–Crippen MR) is 119 cm³/mol. The van der Waals surface area contributed by atoms with Crippen molar-refractivity contribution in [2.75, 3.05) is 24.7 Å². The molecule has 1 aromatic rings. The Labute approximate surface area is 183 Å². The van der Waals surface area contributed by atoms with Crippen LogP contribution in [0.4, 0.5) is 4.79 Å². The van der Waals surface area contributed by atoms with E-state index in [9.17, 15) is 14.4 Å². The number of alkyl carbamates (subject to hydrolysis) is 1. The lowest BCUT2D eigenvalue weighted by Gasteiger charge is -2.30. The number of rotatable bonds is 12. The molecule has 0 fully saturated rings. The van der Waals surface area contributed by atoms with Gasteiger partial charge in [-0.1, -0.05) is 30.8 Å². The summed E-state index contributed by atoms with van der Waals surface area (Å²) >= 11 is 1.44. The van der Waals surface area contributed by atoms with Crippen LogP contribution < -0.4 is 10.6 Å². The SMILES string of the molecule is C=C(CSCCOC(=O)NC(C)(C)c1cccc(C(C)(C)NC=O)c1)C(=O)OCC. The van der Waals surface area contributed by atoms with Crippen molar-refractivity contribution in [2.24, 2.45) is 0 Å². The van der Waals surface area contributed by atoms with Crippen molar-refractivity contribution >= 4 is 30.2 Å². The van der Waals surface area contributed by atoms with Crippen LogP contribution >= 0.6 is 11.8 Å². The fraction of sp³-hybridized carbons (Fsp3) is 0.500. The molecule has 0 aliphatic heterocycles. The molecule has 0 bridgehead atoms. The van der Waals surface area contributed by atoms with Gasteiger partial charge in [0.25, 0.3) is 0 Å².